The van der Waals surface area contributed by atoms with E-state index in [0.29, 0.717) is 0 Å². The van der Waals surface area contributed by atoms with Gasteiger partial charge in [0.05, 0.1) is 6.61 Å². The van der Waals surface area contributed by atoms with Gasteiger partial charge >= 0.3 is 23.9 Å². The Morgan fingerprint density at radius 2 is 1.25 bits per heavy atom. The summed E-state index contributed by atoms with van der Waals surface area (Å²) in [6.07, 6.45) is -12.7. The lowest BCUT2D eigenvalue weighted by Crippen LogP contribution is -2.60. The Morgan fingerprint density at radius 1 is 0.667 bits per heavy atom. The molecule has 0 saturated carbocycles. The monoisotopic (exact) mass is 880 g/mol. The van der Waals surface area contributed by atoms with Crippen LogP contribution in [0.25, 0.3) is 6.08 Å². The van der Waals surface area contributed by atoms with Gasteiger partial charge in [0.15, 0.2) is 46.0 Å². The number of aliphatic hydroxyl groups is 4. The largest absolute Gasteiger partial charge is 0.504 e. The molecular formula is C42H40O21. The second-order valence-electron chi connectivity index (χ2n) is 14.4. The number of ether oxygens (including phenoxy) is 5. The number of carboxylic acids is 2. The van der Waals surface area contributed by atoms with E-state index in [1.165, 1.54) is 24.3 Å². The van der Waals surface area contributed by atoms with Gasteiger partial charge < -0.3 is 85.0 Å². The summed E-state index contributed by atoms with van der Waals surface area (Å²) in [7, 11) is 0. The van der Waals surface area contributed by atoms with E-state index in [-0.39, 0.29) is 39.3 Å². The number of carbonyl (C=O) groups excluding carboxylic acids is 2. The molecule has 0 spiro atoms. The summed E-state index contributed by atoms with van der Waals surface area (Å²) in [6, 6.07) is 12.7. The predicted molar refractivity (Wildman–Crippen MR) is 208 cm³/mol. The molecule has 0 amide bonds. The van der Waals surface area contributed by atoms with Gasteiger partial charge in [-0.05, 0) is 70.8 Å². The van der Waals surface area contributed by atoms with Crippen LogP contribution >= 0.6 is 0 Å². The van der Waals surface area contributed by atoms with Crippen molar-refractivity contribution in [2.75, 3.05) is 6.61 Å². The van der Waals surface area contributed by atoms with E-state index >= 15 is 0 Å². The molecule has 63 heavy (non-hydrogen) atoms. The standard InChI is InChI=1S/C42H40O21/c43-16-30-34(51)35(52)36(53)42(62-30)61-27-9-4-20(15-26(27)49)37-33(41(58)60-29(40(56)57)14-18-2-7-22(45)25(48)12-18)32-19(3-8-23(46)38(32)63-37)5-10-31(50)59-28(39(54)55)13-17-1-6-21(44)24(47)11-17/h1-12,15,28-30,33-37,42-49,51-53H,13-14,16H2,(H,54,55)(H,56,57)/b10-5+/t28-,29-,30-,33+,34-,35+,36-,37-,42-/m1/s1. The van der Waals surface area contributed by atoms with Gasteiger partial charge in [-0.3, -0.25) is 4.79 Å². The number of aliphatic hydroxyl groups excluding tert-OH is 4. The number of hydrogen-bond acceptors (Lipinski definition) is 19. The predicted octanol–water partition coefficient (Wildman–Crippen LogP) is 0.808. The van der Waals surface area contributed by atoms with Crippen LogP contribution in [0.1, 0.15) is 39.8 Å². The summed E-state index contributed by atoms with van der Waals surface area (Å²) in [5, 5.41) is 121. The fraction of sp³-hybridized carbons (Fsp3) is 0.286. The molecule has 2 heterocycles. The van der Waals surface area contributed by atoms with Crippen LogP contribution in [0.15, 0.2) is 72.8 Å². The van der Waals surface area contributed by atoms with Crippen molar-refractivity contribution in [2.45, 2.75) is 67.8 Å². The third kappa shape index (κ3) is 9.93. The first-order valence-corrected chi connectivity index (χ1v) is 18.8. The van der Waals surface area contributed by atoms with Crippen LogP contribution in [0.2, 0.25) is 0 Å². The Morgan fingerprint density at radius 3 is 1.81 bits per heavy atom. The van der Waals surface area contributed by atoms with Crippen LogP contribution in [-0.2, 0) is 46.2 Å². The smallest absolute Gasteiger partial charge is 0.345 e. The summed E-state index contributed by atoms with van der Waals surface area (Å²) in [5.74, 6) is -11.4. The molecule has 0 bridgehead atoms. The van der Waals surface area contributed by atoms with Crippen LogP contribution in [-0.4, -0.2) is 135 Å². The molecule has 9 atom stereocenters. The van der Waals surface area contributed by atoms with Gasteiger partial charge in [0.25, 0.3) is 0 Å². The molecule has 4 aromatic rings. The molecule has 334 valence electrons. The highest BCUT2D eigenvalue weighted by molar-refractivity contribution is 5.92. The van der Waals surface area contributed by atoms with Crippen molar-refractivity contribution in [1.82, 2.24) is 0 Å². The van der Waals surface area contributed by atoms with E-state index in [1.54, 1.807) is 0 Å². The maximum atomic E-state index is 14.3. The van der Waals surface area contributed by atoms with Crippen LogP contribution in [0.3, 0.4) is 0 Å². The first-order chi connectivity index (χ1) is 29.9. The molecule has 1 saturated heterocycles. The van der Waals surface area contributed by atoms with E-state index in [2.05, 4.69) is 0 Å². The van der Waals surface area contributed by atoms with Crippen LogP contribution in [0, 0.1) is 0 Å². The minimum Gasteiger partial charge on any atom is -0.504 e. The number of aliphatic carboxylic acids is 2. The first-order valence-electron chi connectivity index (χ1n) is 18.8. The third-order valence-corrected chi connectivity index (χ3v) is 10.1. The Balaban J connectivity index is 1.33. The number of phenols is 6. The number of carboxylic acid groups (broad SMARTS) is 2. The minimum atomic E-state index is -1.93. The molecule has 1 fully saturated rings. The fourth-order valence-electron chi connectivity index (χ4n) is 6.87. The van der Waals surface area contributed by atoms with Gasteiger partial charge in [-0.2, -0.15) is 0 Å². The quantitative estimate of drug-likeness (QED) is 0.0446. The summed E-state index contributed by atoms with van der Waals surface area (Å²) in [4.78, 5) is 51.7. The molecule has 0 radical (unpaired) electrons. The molecule has 4 aromatic carbocycles. The topological polar surface area (TPSA) is 357 Å². The van der Waals surface area contributed by atoms with E-state index in [9.17, 15) is 80.5 Å². The first kappa shape index (κ1) is 45.2. The molecule has 21 heteroatoms. The zero-order valence-electron chi connectivity index (χ0n) is 32.4. The van der Waals surface area contributed by atoms with Crippen LogP contribution < -0.4 is 9.47 Å². The van der Waals surface area contributed by atoms with Crippen LogP contribution in [0.4, 0.5) is 0 Å². The number of aromatic hydroxyl groups is 6. The Labute approximate surface area is 354 Å². The van der Waals surface area contributed by atoms with Gasteiger partial charge in [-0.15, -0.1) is 0 Å². The minimum absolute atomic E-state index is 0.0262. The molecule has 2 aliphatic heterocycles. The average molecular weight is 881 g/mol. The lowest BCUT2D eigenvalue weighted by molar-refractivity contribution is -0.277. The van der Waals surface area contributed by atoms with Crippen molar-refractivity contribution in [2.24, 2.45) is 0 Å². The number of esters is 2. The molecular weight excluding hydrogens is 840 g/mol. The summed E-state index contributed by atoms with van der Waals surface area (Å²) in [5.41, 5.74) is 0.0986. The maximum absolute atomic E-state index is 14.3. The van der Waals surface area contributed by atoms with E-state index < -0.39 is 133 Å². The van der Waals surface area contributed by atoms with Crippen molar-refractivity contribution in [3.05, 3.63) is 101 Å². The van der Waals surface area contributed by atoms with Gasteiger partial charge in [-0.1, -0.05) is 24.3 Å². The van der Waals surface area contributed by atoms with Crippen molar-refractivity contribution in [1.29, 1.82) is 0 Å². The lowest BCUT2D eigenvalue weighted by atomic mass is 9.87. The average Bonchev–Trinajstić information content (AvgIpc) is 3.65. The second kappa shape index (κ2) is 18.8. The highest BCUT2D eigenvalue weighted by atomic mass is 16.7. The second-order valence-corrected chi connectivity index (χ2v) is 14.4. The number of rotatable bonds is 15. The molecule has 6 rings (SSSR count). The highest BCUT2D eigenvalue weighted by Gasteiger charge is 2.47. The number of carbonyl (C=O) groups is 4. The molecule has 12 N–H and O–H groups in total. The number of fused-ring (bicyclic) bond motifs is 1. The molecule has 0 aromatic heterocycles. The van der Waals surface area contributed by atoms with Crippen molar-refractivity contribution < 1.29 is 104 Å². The molecule has 0 unspecified atom stereocenters. The Kier molecular flexibility index (Phi) is 13.5. The van der Waals surface area contributed by atoms with Gasteiger partial charge in [0.2, 0.25) is 18.5 Å². The van der Waals surface area contributed by atoms with Crippen LogP contribution in [0.5, 0.6) is 46.0 Å². The molecule has 21 nitrogen and oxygen atoms in total. The zero-order chi connectivity index (χ0) is 45.9. The Hall–Kier alpha value is -7.30. The molecule has 2 aliphatic rings. The van der Waals surface area contributed by atoms with E-state index in [1.807, 2.05) is 0 Å². The van der Waals surface area contributed by atoms with Gasteiger partial charge in [0.1, 0.15) is 36.4 Å². The fourth-order valence-corrected chi connectivity index (χ4v) is 6.87. The summed E-state index contributed by atoms with van der Waals surface area (Å²) in [6.45, 7) is -0.770. The van der Waals surface area contributed by atoms with Crippen molar-refractivity contribution in [3.63, 3.8) is 0 Å². The Bertz CT molecular complexity index is 2410. The van der Waals surface area contributed by atoms with Gasteiger partial charge in [-0.25, -0.2) is 14.4 Å². The SMILES string of the molecule is O=C(/C=C/c1ccc(O)c2c1[C@H](C(=O)O[C@H](Cc1ccc(O)c(O)c1)C(=O)O)[C@@H](c1ccc(O[C@@H]3O[C@H](CO)[C@@H](O)[C@H](O)[C@H]3O)c(O)c1)O2)O[C@H](Cc1ccc(O)c(O)c1)C(=O)O. The van der Waals surface area contributed by atoms with E-state index in [0.717, 1.165) is 54.6 Å². The number of phenolic OH excluding ortho intramolecular Hbond substituents is 6. The third-order valence-electron chi connectivity index (χ3n) is 10.1. The van der Waals surface area contributed by atoms with E-state index in [4.69, 9.17) is 23.7 Å². The maximum Gasteiger partial charge on any atom is 0.345 e. The summed E-state index contributed by atoms with van der Waals surface area (Å²) < 4.78 is 27.6. The van der Waals surface area contributed by atoms with Gasteiger partial charge in [0, 0.05) is 24.5 Å². The normalized spacial score (nSPS) is 22.6. The van der Waals surface area contributed by atoms with Crippen molar-refractivity contribution in [3.8, 4) is 46.0 Å². The molecule has 0 aliphatic carbocycles. The zero-order valence-corrected chi connectivity index (χ0v) is 32.4. The number of benzene rings is 4. The van der Waals surface area contributed by atoms with Crippen molar-refractivity contribution >= 4 is 30.0 Å². The summed E-state index contributed by atoms with van der Waals surface area (Å²) >= 11 is 0. The highest BCUT2D eigenvalue weighted by Crippen LogP contribution is 2.53. The lowest BCUT2D eigenvalue weighted by Gasteiger charge is -2.39. The number of hydrogen-bond donors (Lipinski definition) is 12.